The summed E-state index contributed by atoms with van der Waals surface area (Å²) in [5.74, 6) is 0.225. The highest BCUT2D eigenvalue weighted by molar-refractivity contribution is 6.11. The van der Waals surface area contributed by atoms with E-state index in [9.17, 15) is 14.4 Å². The van der Waals surface area contributed by atoms with Crippen molar-refractivity contribution in [2.75, 3.05) is 35.8 Å². The van der Waals surface area contributed by atoms with Gasteiger partial charge in [0.1, 0.15) is 17.2 Å². The fourth-order valence-electron chi connectivity index (χ4n) is 6.46. The topological polar surface area (TPSA) is 115 Å². The molecule has 3 aromatic carbocycles. The normalized spacial score (nSPS) is 12.6. The fourth-order valence-corrected chi connectivity index (χ4v) is 6.46. The molecule has 0 unspecified atom stereocenters. The number of amides is 3. The van der Waals surface area contributed by atoms with E-state index in [2.05, 4.69) is 36.7 Å². The van der Waals surface area contributed by atoms with Gasteiger partial charge < -0.3 is 30.2 Å². The van der Waals surface area contributed by atoms with Gasteiger partial charge in [0.05, 0.1) is 36.9 Å². The lowest BCUT2D eigenvalue weighted by Crippen LogP contribution is -2.16. The Morgan fingerprint density at radius 2 is 0.630 bits per heavy atom. The molecule has 3 aromatic rings. The Hall–Kier alpha value is -4.53. The van der Waals surface area contributed by atoms with Crippen LogP contribution in [-0.2, 0) is 0 Å². The van der Waals surface area contributed by atoms with Gasteiger partial charge >= 0.3 is 0 Å². The molecule has 6 bridgehead atoms. The van der Waals surface area contributed by atoms with Crippen LogP contribution in [0.5, 0.6) is 17.2 Å². The molecular formula is C45H63N3O6. The van der Waals surface area contributed by atoms with Gasteiger partial charge in [-0.2, -0.15) is 0 Å². The Bertz CT molecular complexity index is 1430. The minimum absolute atomic E-state index is 0.322. The molecule has 1 aliphatic rings. The Kier molecular flexibility index (Phi) is 18.8. The number of benzene rings is 3. The van der Waals surface area contributed by atoms with Crippen molar-refractivity contribution in [2.45, 2.75) is 136 Å². The van der Waals surface area contributed by atoms with E-state index in [1.807, 2.05) is 0 Å². The van der Waals surface area contributed by atoms with Crippen molar-refractivity contribution in [3.05, 3.63) is 71.3 Å². The SMILES string of the molecule is CCCCCCCCOc1ccc2cc1NC(=O)c1ccc(OCCCCCCCC)c(c1)NC(=O)c1ccc(OCCCCCCCC)c(c1)NC2=O. The lowest BCUT2D eigenvalue weighted by molar-refractivity contribution is 0.101. The Balaban J connectivity index is 1.61. The van der Waals surface area contributed by atoms with Crippen LogP contribution >= 0.6 is 0 Å². The summed E-state index contributed by atoms with van der Waals surface area (Å²) in [6, 6.07) is 15.1. The lowest BCUT2D eigenvalue weighted by Gasteiger charge is -2.16. The molecule has 0 saturated heterocycles. The molecule has 294 valence electrons. The summed E-state index contributed by atoms with van der Waals surface area (Å²) in [4.78, 5) is 41.3. The summed E-state index contributed by atoms with van der Waals surface area (Å²) in [6.07, 6.45) is 20.2. The first kappa shape index (κ1) is 42.2. The van der Waals surface area contributed by atoms with Crippen molar-refractivity contribution in [1.29, 1.82) is 0 Å². The molecule has 54 heavy (non-hydrogen) atoms. The molecule has 9 nitrogen and oxygen atoms in total. The molecule has 0 aromatic heterocycles. The van der Waals surface area contributed by atoms with Crippen molar-refractivity contribution >= 4 is 34.8 Å². The van der Waals surface area contributed by atoms with Crippen LogP contribution in [0.2, 0.25) is 0 Å². The molecule has 4 rings (SSSR count). The smallest absolute Gasteiger partial charge is 0.255 e. The van der Waals surface area contributed by atoms with E-state index in [1.54, 1.807) is 54.6 Å². The van der Waals surface area contributed by atoms with Gasteiger partial charge in [-0.3, -0.25) is 14.4 Å². The molecule has 1 heterocycles. The number of rotatable bonds is 24. The van der Waals surface area contributed by atoms with Crippen molar-refractivity contribution in [3.8, 4) is 17.2 Å². The summed E-state index contributed by atoms with van der Waals surface area (Å²) in [6.45, 7) is 8.09. The second-order valence-electron chi connectivity index (χ2n) is 14.3. The van der Waals surface area contributed by atoms with Crippen LogP contribution in [0.3, 0.4) is 0 Å². The zero-order valence-electron chi connectivity index (χ0n) is 33.0. The van der Waals surface area contributed by atoms with Crippen LogP contribution in [0, 0.1) is 0 Å². The van der Waals surface area contributed by atoms with Gasteiger partial charge in [0, 0.05) is 16.7 Å². The predicted molar refractivity (Wildman–Crippen MR) is 220 cm³/mol. The van der Waals surface area contributed by atoms with Crippen LogP contribution in [0.25, 0.3) is 0 Å². The largest absolute Gasteiger partial charge is 0.491 e. The second kappa shape index (κ2) is 24.0. The molecular weight excluding hydrogens is 679 g/mol. The second-order valence-corrected chi connectivity index (χ2v) is 14.3. The van der Waals surface area contributed by atoms with E-state index in [4.69, 9.17) is 14.2 Å². The zero-order valence-corrected chi connectivity index (χ0v) is 33.0. The zero-order chi connectivity index (χ0) is 38.4. The third kappa shape index (κ3) is 14.0. The highest BCUT2D eigenvalue weighted by Gasteiger charge is 2.20. The third-order valence-corrected chi connectivity index (χ3v) is 9.74. The van der Waals surface area contributed by atoms with E-state index >= 15 is 0 Å². The number of carbonyl (C=O) groups is 3. The predicted octanol–water partition coefficient (Wildman–Crippen LogP) is 12.0. The standard InChI is InChI=1S/C45H63N3O6/c1-4-7-10-13-16-19-28-52-40-25-22-34-31-37(40)46-43(49)35-23-26-41(53-29-20-17-14-11-8-5-2)38(32-35)48-45(51)36-24-27-42(39(33-36)47-44(34)50)54-30-21-18-15-12-9-6-3/h22-27,31-33H,4-21,28-30H2,1-3H3,(H,46,49)(H,47,50)(H,48,51). The van der Waals surface area contributed by atoms with Crippen molar-refractivity contribution in [2.24, 2.45) is 0 Å². The maximum Gasteiger partial charge on any atom is 0.255 e. The maximum atomic E-state index is 13.8. The number of ether oxygens (including phenoxy) is 3. The van der Waals surface area contributed by atoms with Gasteiger partial charge in [-0.05, 0) is 73.9 Å². The van der Waals surface area contributed by atoms with E-state index in [0.29, 0.717) is 70.8 Å². The number of carbonyl (C=O) groups excluding carboxylic acids is 3. The first-order valence-electron chi connectivity index (χ1n) is 20.7. The van der Waals surface area contributed by atoms with Crippen LogP contribution in [0.1, 0.15) is 167 Å². The van der Waals surface area contributed by atoms with Gasteiger partial charge in [-0.15, -0.1) is 0 Å². The lowest BCUT2D eigenvalue weighted by atomic mass is 10.1. The van der Waals surface area contributed by atoms with E-state index < -0.39 is 17.7 Å². The van der Waals surface area contributed by atoms with Crippen LogP contribution in [0.15, 0.2) is 54.6 Å². The van der Waals surface area contributed by atoms with Crippen LogP contribution in [-0.4, -0.2) is 37.5 Å². The number of hydrogen-bond acceptors (Lipinski definition) is 6. The first-order chi connectivity index (χ1) is 26.4. The number of unbranched alkanes of at least 4 members (excludes halogenated alkanes) is 15. The summed E-state index contributed by atoms with van der Waals surface area (Å²) >= 11 is 0. The quantitative estimate of drug-likeness (QED) is 0.0787. The van der Waals surface area contributed by atoms with Gasteiger partial charge in [-0.1, -0.05) is 117 Å². The van der Waals surface area contributed by atoms with Gasteiger partial charge in [0.2, 0.25) is 0 Å². The maximum absolute atomic E-state index is 13.8. The number of fused-ring (bicyclic) bond motifs is 6. The molecule has 1 aliphatic heterocycles. The van der Waals surface area contributed by atoms with E-state index in [0.717, 1.165) is 57.8 Å². The van der Waals surface area contributed by atoms with E-state index in [-0.39, 0.29) is 0 Å². The van der Waals surface area contributed by atoms with Crippen molar-refractivity contribution in [3.63, 3.8) is 0 Å². The fraction of sp³-hybridized carbons (Fsp3) is 0.533. The number of anilines is 3. The van der Waals surface area contributed by atoms with Crippen molar-refractivity contribution in [1.82, 2.24) is 0 Å². The highest BCUT2D eigenvalue weighted by atomic mass is 16.5. The van der Waals surface area contributed by atoms with Crippen molar-refractivity contribution < 1.29 is 28.6 Å². The highest BCUT2D eigenvalue weighted by Crippen LogP contribution is 2.33. The Labute approximate surface area is 323 Å². The molecule has 0 radical (unpaired) electrons. The average Bonchev–Trinajstić information content (AvgIpc) is 3.17. The molecule has 0 aliphatic carbocycles. The molecule has 0 spiro atoms. The number of hydrogen-bond donors (Lipinski definition) is 3. The summed E-state index contributed by atoms with van der Waals surface area (Å²) in [5, 5.41) is 8.92. The summed E-state index contributed by atoms with van der Waals surface area (Å²) in [7, 11) is 0. The van der Waals surface area contributed by atoms with Gasteiger partial charge in [0.25, 0.3) is 17.7 Å². The summed E-state index contributed by atoms with van der Waals surface area (Å²) in [5.41, 5.74) is 2.12. The molecule has 0 atom stereocenters. The van der Waals surface area contributed by atoms with Crippen LogP contribution < -0.4 is 30.2 Å². The van der Waals surface area contributed by atoms with Gasteiger partial charge in [0.15, 0.2) is 0 Å². The van der Waals surface area contributed by atoms with E-state index in [1.165, 1.54) is 57.8 Å². The first-order valence-corrected chi connectivity index (χ1v) is 20.7. The molecule has 3 amide bonds. The third-order valence-electron chi connectivity index (χ3n) is 9.74. The Morgan fingerprint density at radius 1 is 0.370 bits per heavy atom. The summed E-state index contributed by atoms with van der Waals surface area (Å²) < 4.78 is 18.5. The molecule has 0 fully saturated rings. The Morgan fingerprint density at radius 3 is 0.907 bits per heavy atom. The van der Waals surface area contributed by atoms with Gasteiger partial charge in [-0.25, -0.2) is 0 Å². The van der Waals surface area contributed by atoms with Crippen LogP contribution in [0.4, 0.5) is 17.1 Å². The minimum Gasteiger partial charge on any atom is -0.491 e. The minimum atomic E-state index is -0.407. The monoisotopic (exact) mass is 741 g/mol. The molecule has 9 heteroatoms. The molecule has 0 saturated carbocycles. The molecule has 3 N–H and O–H groups in total. The average molecular weight is 742 g/mol. The number of nitrogens with one attached hydrogen (secondary N) is 3.